The van der Waals surface area contributed by atoms with Crippen molar-refractivity contribution in [3.63, 3.8) is 0 Å². The lowest BCUT2D eigenvalue weighted by Gasteiger charge is -2.47. The van der Waals surface area contributed by atoms with Gasteiger partial charge in [-0.1, -0.05) is 62.4 Å². The normalized spacial score (nSPS) is 21.3. The van der Waals surface area contributed by atoms with E-state index in [4.69, 9.17) is 0 Å². The van der Waals surface area contributed by atoms with Crippen molar-refractivity contribution in [2.24, 2.45) is 5.92 Å². The van der Waals surface area contributed by atoms with Crippen molar-refractivity contribution in [2.45, 2.75) is 38.8 Å². The molecule has 0 spiro atoms. The molecule has 2 atom stereocenters. The zero-order valence-electron chi connectivity index (χ0n) is 17.5. The number of fused-ring (bicyclic) bond motifs is 4. The molecule has 0 bridgehead atoms. The van der Waals surface area contributed by atoms with Crippen LogP contribution in [0, 0.1) is 5.92 Å². The van der Waals surface area contributed by atoms with Crippen LogP contribution < -0.4 is 0 Å². The fourth-order valence-electron chi connectivity index (χ4n) is 4.91. The molecule has 2 aliphatic heterocycles. The summed E-state index contributed by atoms with van der Waals surface area (Å²) in [5.41, 5.74) is 4.29. The van der Waals surface area contributed by atoms with Crippen molar-refractivity contribution in [3.05, 3.63) is 71.4 Å². The Morgan fingerprint density at radius 2 is 1.77 bits per heavy atom. The molecule has 2 amide bonds. The highest BCUT2D eigenvalue weighted by Gasteiger charge is 2.47. The summed E-state index contributed by atoms with van der Waals surface area (Å²) >= 11 is 0. The fraction of sp³-hybridized carbons (Fsp3) is 0.360. The molecule has 5 nitrogen and oxygen atoms in total. The summed E-state index contributed by atoms with van der Waals surface area (Å²) in [6.07, 6.45) is 1.47. The second kappa shape index (κ2) is 7.31. The van der Waals surface area contributed by atoms with Gasteiger partial charge in [-0.05, 0) is 29.5 Å². The first kappa shape index (κ1) is 18.9. The molecule has 0 saturated carbocycles. The van der Waals surface area contributed by atoms with Crippen molar-refractivity contribution in [1.82, 2.24) is 14.8 Å². The van der Waals surface area contributed by atoms with E-state index in [2.05, 4.69) is 31.0 Å². The van der Waals surface area contributed by atoms with Crippen molar-refractivity contribution in [2.75, 3.05) is 13.1 Å². The number of amides is 2. The van der Waals surface area contributed by atoms with E-state index in [9.17, 15) is 9.59 Å². The van der Waals surface area contributed by atoms with Crippen LogP contribution in [0.3, 0.4) is 0 Å². The number of piperazine rings is 1. The van der Waals surface area contributed by atoms with E-state index in [1.54, 1.807) is 4.90 Å². The highest BCUT2D eigenvalue weighted by molar-refractivity contribution is 5.97. The van der Waals surface area contributed by atoms with Gasteiger partial charge in [0.25, 0.3) is 0 Å². The van der Waals surface area contributed by atoms with Crippen LogP contribution in [-0.4, -0.2) is 45.7 Å². The largest absolute Gasteiger partial charge is 0.356 e. The molecule has 1 fully saturated rings. The molecule has 2 aliphatic rings. The predicted molar refractivity (Wildman–Crippen MR) is 117 cm³/mol. The molecule has 0 aliphatic carbocycles. The Hall–Kier alpha value is -3.08. The fourth-order valence-corrected chi connectivity index (χ4v) is 4.91. The van der Waals surface area contributed by atoms with Gasteiger partial charge in [-0.15, -0.1) is 0 Å². The van der Waals surface area contributed by atoms with Gasteiger partial charge in [0.15, 0.2) is 0 Å². The van der Waals surface area contributed by atoms with Gasteiger partial charge in [0, 0.05) is 29.6 Å². The number of carbonyl (C=O) groups is 2. The summed E-state index contributed by atoms with van der Waals surface area (Å²) in [6.45, 7) is 5.10. The maximum Gasteiger partial charge on any atom is 0.246 e. The highest BCUT2D eigenvalue weighted by atomic mass is 16.2. The molecule has 30 heavy (non-hydrogen) atoms. The number of benzene rings is 2. The quantitative estimate of drug-likeness (QED) is 0.721. The molecular weight excluding hydrogens is 374 g/mol. The SMILES string of the molecule is CC(C)CCN1CC(=O)N2[C@H](c3ccccc3)c3[nH]c4ccccc4c3C[C@H]2C1=O. The number of aromatic nitrogens is 1. The molecular formula is C25H27N3O2. The average Bonchev–Trinajstić information content (AvgIpc) is 3.12. The second-order valence-electron chi connectivity index (χ2n) is 8.84. The first-order valence-corrected chi connectivity index (χ1v) is 10.8. The topological polar surface area (TPSA) is 56.4 Å². The lowest BCUT2D eigenvalue weighted by molar-refractivity contribution is -0.158. The van der Waals surface area contributed by atoms with Crippen molar-refractivity contribution in [1.29, 1.82) is 0 Å². The maximum absolute atomic E-state index is 13.5. The highest BCUT2D eigenvalue weighted by Crippen LogP contribution is 2.42. The summed E-state index contributed by atoms with van der Waals surface area (Å²) in [5, 5.41) is 1.15. The molecule has 1 aromatic heterocycles. The third-order valence-electron chi connectivity index (χ3n) is 6.43. The number of hydrogen-bond donors (Lipinski definition) is 1. The number of rotatable bonds is 4. The zero-order valence-corrected chi connectivity index (χ0v) is 17.5. The summed E-state index contributed by atoms with van der Waals surface area (Å²) in [6, 6.07) is 17.6. The third-order valence-corrected chi connectivity index (χ3v) is 6.43. The van der Waals surface area contributed by atoms with Gasteiger partial charge in [-0.25, -0.2) is 0 Å². The van der Waals surface area contributed by atoms with Crippen molar-refractivity contribution in [3.8, 4) is 0 Å². The Labute approximate surface area is 176 Å². The lowest BCUT2D eigenvalue weighted by Crippen LogP contribution is -2.63. The Bertz CT molecular complexity index is 1100. The average molecular weight is 402 g/mol. The number of nitrogens with zero attached hydrogens (tertiary/aromatic N) is 2. The van der Waals surface area contributed by atoms with Gasteiger partial charge in [-0.2, -0.15) is 0 Å². The number of carbonyl (C=O) groups excluding carboxylic acids is 2. The van der Waals surface area contributed by atoms with Crippen LogP contribution in [0.4, 0.5) is 0 Å². The van der Waals surface area contributed by atoms with Crippen molar-refractivity contribution < 1.29 is 9.59 Å². The van der Waals surface area contributed by atoms with Crippen LogP contribution in [0.2, 0.25) is 0 Å². The number of H-pyrrole nitrogens is 1. The first-order valence-electron chi connectivity index (χ1n) is 10.8. The predicted octanol–water partition coefficient (Wildman–Crippen LogP) is 3.90. The van der Waals surface area contributed by atoms with E-state index >= 15 is 0 Å². The molecule has 154 valence electrons. The number of aromatic amines is 1. The van der Waals surface area contributed by atoms with Gasteiger partial charge in [0.2, 0.25) is 11.8 Å². The minimum Gasteiger partial charge on any atom is -0.356 e. The van der Waals surface area contributed by atoms with Crippen LogP contribution in [0.1, 0.15) is 43.1 Å². The standard InChI is InChI=1S/C25H27N3O2/c1-16(2)12-13-27-15-22(29)28-21(25(27)30)14-19-18-10-6-7-11-20(18)26-23(19)24(28)17-8-4-3-5-9-17/h3-11,16,21,24,26H,12-15H2,1-2H3/t21-,24+/m0/s1. The lowest BCUT2D eigenvalue weighted by atomic mass is 9.86. The molecule has 1 N–H and O–H groups in total. The first-order chi connectivity index (χ1) is 14.5. The van der Waals surface area contributed by atoms with Crippen LogP contribution in [0.15, 0.2) is 54.6 Å². The van der Waals surface area contributed by atoms with Gasteiger partial charge in [0.05, 0.1) is 12.6 Å². The Balaban J connectivity index is 1.63. The van der Waals surface area contributed by atoms with E-state index < -0.39 is 6.04 Å². The third kappa shape index (κ3) is 3.00. The summed E-state index contributed by atoms with van der Waals surface area (Å²) in [5.74, 6) is 0.600. The van der Waals surface area contributed by atoms with Gasteiger partial charge in [-0.3, -0.25) is 9.59 Å². The van der Waals surface area contributed by atoms with E-state index in [-0.39, 0.29) is 24.4 Å². The molecule has 5 heteroatoms. The number of nitrogens with one attached hydrogen (secondary N) is 1. The van der Waals surface area contributed by atoms with Crippen LogP contribution >= 0.6 is 0 Å². The monoisotopic (exact) mass is 401 g/mol. The maximum atomic E-state index is 13.5. The van der Waals surface area contributed by atoms with Gasteiger partial charge in [0.1, 0.15) is 6.04 Å². The molecule has 3 aromatic rings. The smallest absolute Gasteiger partial charge is 0.246 e. The molecule has 1 saturated heterocycles. The van der Waals surface area contributed by atoms with E-state index in [0.29, 0.717) is 18.9 Å². The molecule has 3 heterocycles. The zero-order chi connectivity index (χ0) is 20.8. The number of para-hydroxylation sites is 1. The summed E-state index contributed by atoms with van der Waals surface area (Å²) in [7, 11) is 0. The minimum atomic E-state index is -0.449. The van der Waals surface area contributed by atoms with Crippen LogP contribution in [-0.2, 0) is 16.0 Å². The second-order valence-corrected chi connectivity index (χ2v) is 8.84. The van der Waals surface area contributed by atoms with Gasteiger partial charge < -0.3 is 14.8 Å². The van der Waals surface area contributed by atoms with Crippen LogP contribution in [0.5, 0.6) is 0 Å². The Kier molecular flexibility index (Phi) is 4.61. The Morgan fingerprint density at radius 1 is 1.03 bits per heavy atom. The molecule has 2 aromatic carbocycles. The van der Waals surface area contributed by atoms with Crippen molar-refractivity contribution >= 4 is 22.7 Å². The summed E-state index contributed by atoms with van der Waals surface area (Å²) < 4.78 is 0. The Morgan fingerprint density at radius 3 is 2.53 bits per heavy atom. The van der Waals surface area contributed by atoms with Gasteiger partial charge >= 0.3 is 0 Å². The van der Waals surface area contributed by atoms with Crippen LogP contribution in [0.25, 0.3) is 10.9 Å². The summed E-state index contributed by atoms with van der Waals surface area (Å²) in [4.78, 5) is 34.0. The minimum absolute atomic E-state index is 0.0292. The van der Waals surface area contributed by atoms with E-state index in [1.165, 1.54) is 0 Å². The van der Waals surface area contributed by atoms with E-state index in [0.717, 1.165) is 34.1 Å². The molecule has 0 radical (unpaired) electrons. The number of hydrogen-bond acceptors (Lipinski definition) is 2. The molecule has 5 rings (SSSR count). The van der Waals surface area contributed by atoms with E-state index in [1.807, 2.05) is 47.4 Å². The molecule has 0 unspecified atom stereocenters.